The van der Waals surface area contributed by atoms with Crippen LogP contribution in [0, 0.1) is 0 Å². The molecule has 33 heavy (non-hydrogen) atoms. The molecule has 172 valence electrons. The van der Waals surface area contributed by atoms with E-state index in [1.807, 2.05) is 25.4 Å². The van der Waals surface area contributed by atoms with Gasteiger partial charge in [0, 0.05) is 48.5 Å². The van der Waals surface area contributed by atoms with Crippen LogP contribution in [0.3, 0.4) is 0 Å². The summed E-state index contributed by atoms with van der Waals surface area (Å²) in [6.07, 6.45) is 7.62. The van der Waals surface area contributed by atoms with Crippen molar-refractivity contribution in [2.45, 2.75) is 31.5 Å². The van der Waals surface area contributed by atoms with E-state index in [0.717, 1.165) is 35.1 Å². The smallest absolute Gasteiger partial charge is 0.367 e. The van der Waals surface area contributed by atoms with Crippen molar-refractivity contribution in [1.82, 2.24) is 14.8 Å². The molecule has 1 N–H and O–H groups in total. The number of benzene rings is 1. The van der Waals surface area contributed by atoms with Crippen LogP contribution in [-0.4, -0.2) is 33.5 Å². The number of aryl methyl sites for hydroxylation is 1. The molecule has 0 spiro atoms. The average molecular weight is 456 g/mol. The Morgan fingerprint density at radius 1 is 1.27 bits per heavy atom. The van der Waals surface area contributed by atoms with E-state index < -0.39 is 12.8 Å². The van der Waals surface area contributed by atoms with Crippen molar-refractivity contribution in [2.24, 2.45) is 7.05 Å². The fourth-order valence-electron chi connectivity index (χ4n) is 3.59. The van der Waals surface area contributed by atoms with Gasteiger partial charge in [-0.25, -0.2) is 0 Å². The van der Waals surface area contributed by atoms with Crippen molar-refractivity contribution in [2.75, 3.05) is 11.9 Å². The zero-order chi connectivity index (χ0) is 23.4. The lowest BCUT2D eigenvalue weighted by Gasteiger charge is -2.13. The maximum absolute atomic E-state index is 12.5. The van der Waals surface area contributed by atoms with Crippen molar-refractivity contribution in [1.29, 1.82) is 0 Å². The number of amides is 1. The summed E-state index contributed by atoms with van der Waals surface area (Å²) >= 11 is 0. The maximum atomic E-state index is 12.5. The molecule has 2 heterocycles. The molecule has 3 aromatic rings. The van der Waals surface area contributed by atoms with E-state index in [9.17, 15) is 18.0 Å². The number of carbonyl (C=O) groups is 1. The Morgan fingerprint density at radius 3 is 2.79 bits per heavy atom. The molecule has 0 saturated heterocycles. The minimum absolute atomic E-state index is 0.158. The highest BCUT2D eigenvalue weighted by Crippen LogP contribution is 2.42. The molecule has 1 saturated carbocycles. The summed E-state index contributed by atoms with van der Waals surface area (Å²) in [6.45, 7) is -1.46. The number of halogens is 3. The van der Waals surface area contributed by atoms with E-state index in [2.05, 4.69) is 15.4 Å². The van der Waals surface area contributed by atoms with E-state index in [-0.39, 0.29) is 12.5 Å². The van der Waals surface area contributed by atoms with Gasteiger partial charge >= 0.3 is 6.18 Å². The second-order valence-electron chi connectivity index (χ2n) is 7.98. The molecule has 0 unspecified atom stereocenters. The number of hydrogen-bond acceptors (Lipinski definition) is 4. The Hall–Kier alpha value is -3.46. The van der Waals surface area contributed by atoms with Gasteiger partial charge in [0.1, 0.15) is 6.61 Å². The van der Waals surface area contributed by atoms with Gasteiger partial charge in [0.15, 0.2) is 0 Å². The van der Waals surface area contributed by atoms with Crippen LogP contribution in [0.2, 0.25) is 0 Å². The third kappa shape index (κ3) is 6.29. The number of rotatable bonds is 8. The lowest BCUT2D eigenvalue weighted by atomic mass is 10.0. The monoisotopic (exact) mass is 456 g/mol. The fourth-order valence-corrected chi connectivity index (χ4v) is 3.59. The van der Waals surface area contributed by atoms with Gasteiger partial charge in [0.25, 0.3) is 0 Å². The zero-order valence-electron chi connectivity index (χ0n) is 18.0. The first-order valence-corrected chi connectivity index (χ1v) is 10.5. The molecule has 0 aliphatic heterocycles. The summed E-state index contributed by atoms with van der Waals surface area (Å²) < 4.78 is 43.9. The predicted octanol–water partition coefficient (Wildman–Crippen LogP) is 5.09. The number of aromatic nitrogens is 3. The Bertz CT molecular complexity index is 1170. The van der Waals surface area contributed by atoms with Crippen molar-refractivity contribution in [3.8, 4) is 11.1 Å². The van der Waals surface area contributed by atoms with Crippen molar-refractivity contribution in [3.63, 3.8) is 0 Å². The molecule has 1 aliphatic rings. The Kier molecular flexibility index (Phi) is 6.60. The normalized spacial score (nSPS) is 14.1. The quantitative estimate of drug-likeness (QED) is 0.480. The fraction of sp³-hybridized carbons (Fsp3) is 0.292. The van der Waals surface area contributed by atoms with Crippen molar-refractivity contribution in [3.05, 3.63) is 71.8 Å². The van der Waals surface area contributed by atoms with Crippen LogP contribution in [-0.2, 0) is 23.2 Å². The first-order valence-electron chi connectivity index (χ1n) is 10.5. The second-order valence-corrected chi connectivity index (χ2v) is 7.98. The molecule has 0 radical (unpaired) electrons. The third-order valence-corrected chi connectivity index (χ3v) is 5.23. The van der Waals surface area contributed by atoms with E-state index >= 15 is 0 Å². The molecule has 2 aromatic heterocycles. The SMILES string of the molecule is Cn1cc(-c2ccncc2/C=C/C(=O)Nc2ccc(C3CC3)c(COCC(F)(F)F)c2)cn1. The first-order chi connectivity index (χ1) is 15.8. The summed E-state index contributed by atoms with van der Waals surface area (Å²) in [6, 6.07) is 7.14. The van der Waals surface area contributed by atoms with Gasteiger partial charge in [-0.1, -0.05) is 6.07 Å². The lowest BCUT2D eigenvalue weighted by Crippen LogP contribution is -2.17. The van der Waals surface area contributed by atoms with Gasteiger partial charge in [-0.3, -0.25) is 14.5 Å². The predicted molar refractivity (Wildman–Crippen MR) is 118 cm³/mol. The maximum Gasteiger partial charge on any atom is 0.411 e. The topological polar surface area (TPSA) is 69.0 Å². The van der Waals surface area contributed by atoms with Crippen LogP contribution in [0.4, 0.5) is 18.9 Å². The van der Waals surface area contributed by atoms with Gasteiger partial charge in [-0.2, -0.15) is 18.3 Å². The van der Waals surface area contributed by atoms with E-state index in [4.69, 9.17) is 4.74 Å². The molecule has 0 bridgehead atoms. The first kappa shape index (κ1) is 22.7. The van der Waals surface area contributed by atoms with Gasteiger partial charge in [-0.15, -0.1) is 0 Å². The number of nitrogens with zero attached hydrogens (tertiary/aromatic N) is 3. The Balaban J connectivity index is 1.45. The van der Waals surface area contributed by atoms with E-state index in [1.54, 1.807) is 41.5 Å². The molecule has 6 nitrogen and oxygen atoms in total. The molecule has 1 aromatic carbocycles. The number of pyridine rings is 1. The number of nitrogens with one attached hydrogen (secondary N) is 1. The third-order valence-electron chi connectivity index (χ3n) is 5.23. The van der Waals surface area contributed by atoms with Crippen LogP contribution in [0.15, 0.2) is 55.1 Å². The largest absolute Gasteiger partial charge is 0.411 e. The van der Waals surface area contributed by atoms with Crippen LogP contribution in [0.5, 0.6) is 0 Å². The molecule has 1 fully saturated rings. The summed E-state index contributed by atoms with van der Waals surface area (Å²) in [5.74, 6) is -0.0204. The minimum atomic E-state index is -4.38. The summed E-state index contributed by atoms with van der Waals surface area (Å²) in [5.41, 5.74) is 4.68. The van der Waals surface area contributed by atoms with Gasteiger partial charge in [0.2, 0.25) is 5.91 Å². The standard InChI is InChI=1S/C24H23F3N4O2/c1-31-13-19(12-29-31)22-8-9-28-11-17(22)4-7-23(32)30-20-5-6-21(16-2-3-16)18(10-20)14-33-15-24(25,26)27/h4-13,16H,2-3,14-15H2,1H3,(H,30,32)/b7-4+. The molecule has 0 atom stereocenters. The summed E-state index contributed by atoms with van der Waals surface area (Å²) in [4.78, 5) is 16.6. The highest BCUT2D eigenvalue weighted by Gasteiger charge is 2.29. The van der Waals surface area contributed by atoms with E-state index in [1.165, 1.54) is 6.08 Å². The number of ether oxygens (including phenoxy) is 1. The molecular weight excluding hydrogens is 433 g/mol. The van der Waals surface area contributed by atoms with Crippen LogP contribution in [0.1, 0.15) is 35.4 Å². The highest BCUT2D eigenvalue weighted by atomic mass is 19.4. The van der Waals surface area contributed by atoms with Gasteiger partial charge in [-0.05, 0) is 59.7 Å². The molecule has 1 aliphatic carbocycles. The Morgan fingerprint density at radius 2 is 2.09 bits per heavy atom. The average Bonchev–Trinajstić information content (AvgIpc) is 3.52. The van der Waals surface area contributed by atoms with Crippen molar-refractivity contribution >= 4 is 17.7 Å². The van der Waals surface area contributed by atoms with Gasteiger partial charge in [0.05, 0.1) is 12.8 Å². The van der Waals surface area contributed by atoms with Crippen LogP contribution >= 0.6 is 0 Å². The lowest BCUT2D eigenvalue weighted by molar-refractivity contribution is -0.176. The minimum Gasteiger partial charge on any atom is -0.367 e. The van der Waals surface area contributed by atoms with E-state index in [0.29, 0.717) is 17.2 Å². The summed E-state index contributed by atoms with van der Waals surface area (Å²) in [5, 5.41) is 6.94. The molecule has 1 amide bonds. The van der Waals surface area contributed by atoms with Gasteiger partial charge < -0.3 is 10.1 Å². The zero-order valence-corrected chi connectivity index (χ0v) is 18.0. The molecule has 9 heteroatoms. The number of carbonyl (C=O) groups excluding carboxylic acids is 1. The van der Waals surface area contributed by atoms with Crippen LogP contribution in [0.25, 0.3) is 17.2 Å². The number of anilines is 1. The van der Waals surface area contributed by atoms with Crippen molar-refractivity contribution < 1.29 is 22.7 Å². The number of alkyl halides is 3. The number of hydrogen-bond donors (Lipinski definition) is 1. The molecular formula is C24H23F3N4O2. The second kappa shape index (κ2) is 9.58. The summed E-state index contributed by atoms with van der Waals surface area (Å²) in [7, 11) is 1.82. The Labute approximate surface area is 189 Å². The highest BCUT2D eigenvalue weighted by molar-refractivity contribution is 6.02. The van der Waals surface area contributed by atoms with Crippen LogP contribution < -0.4 is 5.32 Å². The molecule has 4 rings (SSSR count).